The van der Waals surface area contributed by atoms with Gasteiger partial charge in [-0.25, -0.2) is 9.97 Å². The van der Waals surface area contributed by atoms with Gasteiger partial charge < -0.3 is 20.7 Å². The largest absolute Gasteiger partial charge is 0.394 e. The van der Waals surface area contributed by atoms with Crippen molar-refractivity contribution < 1.29 is 14.9 Å². The average molecular weight is 279 g/mol. The second-order valence-corrected chi connectivity index (χ2v) is 4.84. The first-order valence-electron chi connectivity index (χ1n) is 6.57. The van der Waals surface area contributed by atoms with E-state index in [-0.39, 0.29) is 18.7 Å². The van der Waals surface area contributed by atoms with E-state index in [1.165, 1.54) is 0 Å². The van der Waals surface area contributed by atoms with Gasteiger partial charge in [0.15, 0.2) is 11.9 Å². The van der Waals surface area contributed by atoms with Crippen LogP contribution in [0.4, 0.5) is 5.95 Å². The Kier molecular flexibility index (Phi) is 3.28. The van der Waals surface area contributed by atoms with E-state index in [1.807, 2.05) is 6.92 Å². The lowest BCUT2D eigenvalue weighted by atomic mass is 10.2. The van der Waals surface area contributed by atoms with Crippen LogP contribution in [0.25, 0.3) is 11.2 Å². The maximum Gasteiger partial charge on any atom is 0.222 e. The van der Waals surface area contributed by atoms with Gasteiger partial charge in [0.25, 0.3) is 0 Å². The number of hydrogen-bond acceptors (Lipinski definition) is 7. The fourth-order valence-electron chi connectivity index (χ4n) is 2.52. The molecule has 8 nitrogen and oxygen atoms in total. The van der Waals surface area contributed by atoms with E-state index in [9.17, 15) is 5.11 Å². The van der Waals surface area contributed by atoms with Gasteiger partial charge in [-0.15, -0.1) is 0 Å². The second-order valence-electron chi connectivity index (χ2n) is 4.84. The molecule has 0 bridgehead atoms. The smallest absolute Gasteiger partial charge is 0.222 e. The third-order valence-corrected chi connectivity index (χ3v) is 3.49. The number of aliphatic hydroxyl groups is 2. The van der Waals surface area contributed by atoms with Crippen molar-refractivity contribution in [3.63, 3.8) is 0 Å². The molecule has 3 heterocycles. The molecule has 2 aromatic heterocycles. The molecule has 0 aliphatic carbocycles. The molecule has 1 fully saturated rings. The monoisotopic (exact) mass is 279 g/mol. The molecule has 4 N–H and O–H groups in total. The number of aryl methyl sites for hydroxylation is 1. The van der Waals surface area contributed by atoms with Crippen molar-refractivity contribution in [3.8, 4) is 0 Å². The Morgan fingerprint density at radius 3 is 2.95 bits per heavy atom. The van der Waals surface area contributed by atoms with Gasteiger partial charge in [0.1, 0.15) is 11.6 Å². The summed E-state index contributed by atoms with van der Waals surface area (Å²) in [7, 11) is 0. The van der Waals surface area contributed by atoms with Crippen molar-refractivity contribution in [2.75, 3.05) is 12.3 Å². The van der Waals surface area contributed by atoms with Gasteiger partial charge in [-0.1, -0.05) is 6.92 Å². The molecule has 1 aliphatic heterocycles. The van der Waals surface area contributed by atoms with Crippen LogP contribution in [0.15, 0.2) is 6.33 Å². The van der Waals surface area contributed by atoms with Crippen LogP contribution in [0.5, 0.6) is 0 Å². The van der Waals surface area contributed by atoms with E-state index in [2.05, 4.69) is 15.0 Å². The molecule has 1 saturated heterocycles. The Bertz CT molecular complexity index is 629. The number of hydrogen-bond donors (Lipinski definition) is 3. The molecular weight excluding hydrogens is 262 g/mol. The molecule has 2 unspecified atom stereocenters. The zero-order valence-electron chi connectivity index (χ0n) is 11.1. The summed E-state index contributed by atoms with van der Waals surface area (Å²) < 4.78 is 7.26. The standard InChI is InChI=1S/C12H17N5O3/c1-2-7-9-10(16-12(13)15-7)17(5-14-9)11-8(19)3-6(4-18)20-11/h5-6,8,11,18-19H,2-4H2,1H3,(H2,13,15,16)/t6?,8?,11-/m0/s1. The number of nitrogens with zero attached hydrogens (tertiary/aromatic N) is 4. The molecule has 3 rings (SSSR count). The maximum absolute atomic E-state index is 10.1. The van der Waals surface area contributed by atoms with Crippen LogP contribution in [-0.2, 0) is 11.2 Å². The van der Waals surface area contributed by atoms with E-state index in [1.54, 1.807) is 10.9 Å². The zero-order chi connectivity index (χ0) is 14.3. The Hall–Kier alpha value is -1.77. The Morgan fingerprint density at radius 1 is 1.50 bits per heavy atom. The average Bonchev–Trinajstić information content (AvgIpc) is 3.00. The van der Waals surface area contributed by atoms with Gasteiger partial charge in [0.2, 0.25) is 5.95 Å². The Morgan fingerprint density at radius 2 is 2.30 bits per heavy atom. The van der Waals surface area contributed by atoms with Crippen molar-refractivity contribution in [1.82, 2.24) is 19.5 Å². The highest BCUT2D eigenvalue weighted by atomic mass is 16.5. The SMILES string of the molecule is CCc1nc(N)nc2c1ncn2[C@H]1OC(CO)CC1O. The van der Waals surface area contributed by atoms with E-state index in [0.29, 0.717) is 24.0 Å². The summed E-state index contributed by atoms with van der Waals surface area (Å²) in [5.74, 6) is 0.169. The summed E-state index contributed by atoms with van der Waals surface area (Å²) >= 11 is 0. The number of aromatic nitrogens is 4. The summed E-state index contributed by atoms with van der Waals surface area (Å²) in [4.78, 5) is 12.6. The number of fused-ring (bicyclic) bond motifs is 1. The highest BCUT2D eigenvalue weighted by Gasteiger charge is 2.36. The lowest BCUT2D eigenvalue weighted by molar-refractivity contribution is -0.0486. The molecule has 0 amide bonds. The van der Waals surface area contributed by atoms with Gasteiger partial charge in [0, 0.05) is 6.42 Å². The number of ether oxygens (including phenoxy) is 1. The number of rotatable bonds is 3. The Labute approximate surface area is 115 Å². The Balaban J connectivity index is 2.07. The number of nitrogens with two attached hydrogens (primary N) is 1. The first-order chi connectivity index (χ1) is 9.63. The fraction of sp³-hybridized carbons (Fsp3) is 0.583. The van der Waals surface area contributed by atoms with E-state index in [4.69, 9.17) is 15.6 Å². The highest BCUT2D eigenvalue weighted by Crippen LogP contribution is 2.31. The van der Waals surface area contributed by atoms with Gasteiger partial charge >= 0.3 is 0 Å². The molecule has 8 heteroatoms. The molecule has 0 aromatic carbocycles. The quantitative estimate of drug-likeness (QED) is 0.700. The van der Waals surface area contributed by atoms with Crippen LogP contribution in [0.3, 0.4) is 0 Å². The van der Waals surface area contributed by atoms with Crippen LogP contribution in [0, 0.1) is 0 Å². The van der Waals surface area contributed by atoms with Gasteiger partial charge in [-0.2, -0.15) is 4.98 Å². The number of aliphatic hydroxyl groups excluding tert-OH is 2. The first-order valence-corrected chi connectivity index (χ1v) is 6.57. The molecule has 20 heavy (non-hydrogen) atoms. The topological polar surface area (TPSA) is 119 Å². The van der Waals surface area contributed by atoms with E-state index < -0.39 is 12.3 Å². The normalized spacial score (nSPS) is 26.4. The molecule has 0 radical (unpaired) electrons. The third kappa shape index (κ3) is 2.01. The van der Waals surface area contributed by atoms with Crippen LogP contribution >= 0.6 is 0 Å². The number of imidazole rings is 1. The molecule has 3 atom stereocenters. The predicted octanol–water partition coefficient (Wildman–Crippen LogP) is -0.388. The van der Waals surface area contributed by atoms with Gasteiger partial charge in [0.05, 0.1) is 24.7 Å². The molecule has 2 aromatic rings. The van der Waals surface area contributed by atoms with Crippen LogP contribution in [0.1, 0.15) is 25.3 Å². The predicted molar refractivity (Wildman–Crippen MR) is 70.7 cm³/mol. The summed E-state index contributed by atoms with van der Waals surface area (Å²) in [5, 5.41) is 19.2. The maximum atomic E-state index is 10.1. The summed E-state index contributed by atoms with van der Waals surface area (Å²) in [6, 6.07) is 0. The van der Waals surface area contributed by atoms with Gasteiger partial charge in [-0.3, -0.25) is 4.57 Å². The third-order valence-electron chi connectivity index (χ3n) is 3.49. The number of nitrogen functional groups attached to an aromatic ring is 1. The molecule has 0 spiro atoms. The molecule has 0 saturated carbocycles. The first kappa shape index (κ1) is 13.2. The fourth-order valence-corrected chi connectivity index (χ4v) is 2.52. The second kappa shape index (κ2) is 4.97. The minimum Gasteiger partial charge on any atom is -0.394 e. The van der Waals surface area contributed by atoms with Crippen molar-refractivity contribution in [2.45, 2.75) is 38.2 Å². The minimum absolute atomic E-state index is 0.127. The molecule has 1 aliphatic rings. The van der Waals surface area contributed by atoms with Gasteiger partial charge in [-0.05, 0) is 6.42 Å². The summed E-state index contributed by atoms with van der Waals surface area (Å²) in [5.41, 5.74) is 7.67. The lowest BCUT2D eigenvalue weighted by Gasteiger charge is -2.16. The van der Waals surface area contributed by atoms with Crippen LogP contribution in [-0.4, -0.2) is 48.5 Å². The molecule has 108 valence electrons. The summed E-state index contributed by atoms with van der Waals surface area (Å²) in [6.45, 7) is 1.83. The van der Waals surface area contributed by atoms with Crippen molar-refractivity contribution in [1.29, 1.82) is 0 Å². The summed E-state index contributed by atoms with van der Waals surface area (Å²) in [6.07, 6.45) is 0.917. The van der Waals surface area contributed by atoms with Crippen LogP contribution in [0.2, 0.25) is 0 Å². The van der Waals surface area contributed by atoms with Crippen molar-refractivity contribution in [3.05, 3.63) is 12.0 Å². The number of anilines is 1. The van der Waals surface area contributed by atoms with E-state index in [0.717, 1.165) is 5.69 Å². The van der Waals surface area contributed by atoms with E-state index >= 15 is 0 Å². The highest BCUT2D eigenvalue weighted by molar-refractivity contribution is 5.74. The van der Waals surface area contributed by atoms with Crippen LogP contribution < -0.4 is 5.73 Å². The van der Waals surface area contributed by atoms with Crippen molar-refractivity contribution >= 4 is 17.1 Å². The molecular formula is C12H17N5O3. The minimum atomic E-state index is -0.717. The zero-order valence-corrected chi connectivity index (χ0v) is 11.1. The van der Waals surface area contributed by atoms with Crippen molar-refractivity contribution in [2.24, 2.45) is 0 Å². The lowest BCUT2D eigenvalue weighted by Crippen LogP contribution is -2.19.